The van der Waals surface area contributed by atoms with Gasteiger partial charge in [0, 0.05) is 5.92 Å². The third-order valence-electron chi connectivity index (χ3n) is 4.04. The van der Waals surface area contributed by atoms with Crippen molar-refractivity contribution in [2.75, 3.05) is 0 Å². The highest BCUT2D eigenvalue weighted by atomic mass is 16.6. The summed E-state index contributed by atoms with van der Waals surface area (Å²) in [7, 11) is 0. The van der Waals surface area contributed by atoms with Crippen LogP contribution in [0.3, 0.4) is 0 Å². The predicted molar refractivity (Wildman–Crippen MR) is 68.5 cm³/mol. The maximum absolute atomic E-state index is 11.7. The van der Waals surface area contributed by atoms with Gasteiger partial charge >= 0.3 is 5.97 Å². The first-order valence-electron chi connectivity index (χ1n) is 6.61. The fourth-order valence-electron chi connectivity index (χ4n) is 2.77. The maximum Gasteiger partial charge on any atom is 0.309 e. The van der Waals surface area contributed by atoms with E-state index in [0.717, 1.165) is 25.7 Å². The summed E-state index contributed by atoms with van der Waals surface area (Å²) in [6.07, 6.45) is 8.85. The van der Waals surface area contributed by atoms with Crippen LogP contribution in [0.2, 0.25) is 0 Å². The Bertz CT molecular complexity index is 365. The van der Waals surface area contributed by atoms with Gasteiger partial charge in [0.2, 0.25) is 0 Å². The molecule has 17 heavy (non-hydrogen) atoms. The number of allylic oxidation sites excluding steroid dienone is 3. The fourth-order valence-corrected chi connectivity index (χ4v) is 2.77. The van der Waals surface area contributed by atoms with Crippen molar-refractivity contribution in [2.45, 2.75) is 52.6 Å². The van der Waals surface area contributed by atoms with Gasteiger partial charge in [-0.25, -0.2) is 0 Å². The van der Waals surface area contributed by atoms with Gasteiger partial charge in [-0.2, -0.15) is 0 Å². The first-order chi connectivity index (χ1) is 8.08. The highest BCUT2D eigenvalue weighted by Gasteiger charge is 2.40. The minimum absolute atomic E-state index is 0.0170. The molecule has 0 N–H and O–H groups in total. The number of esters is 1. The minimum Gasteiger partial charge on any atom is -0.458 e. The topological polar surface area (TPSA) is 26.3 Å². The van der Waals surface area contributed by atoms with Gasteiger partial charge in [0.15, 0.2) is 0 Å². The smallest absolute Gasteiger partial charge is 0.309 e. The Balaban J connectivity index is 2.21. The van der Waals surface area contributed by atoms with Gasteiger partial charge < -0.3 is 4.74 Å². The van der Waals surface area contributed by atoms with Crippen molar-refractivity contribution in [3.63, 3.8) is 0 Å². The van der Waals surface area contributed by atoms with E-state index in [2.05, 4.69) is 26.0 Å². The van der Waals surface area contributed by atoms with E-state index < -0.39 is 0 Å². The summed E-state index contributed by atoms with van der Waals surface area (Å²) < 4.78 is 5.48. The average molecular weight is 234 g/mol. The van der Waals surface area contributed by atoms with Crippen molar-refractivity contribution in [3.05, 3.63) is 23.3 Å². The molecule has 0 amide bonds. The molecule has 0 aromatic heterocycles. The van der Waals surface area contributed by atoms with Crippen LogP contribution >= 0.6 is 0 Å². The molecule has 1 aliphatic carbocycles. The van der Waals surface area contributed by atoms with Crippen LogP contribution in [0.4, 0.5) is 0 Å². The normalized spacial score (nSPS) is 40.6. The van der Waals surface area contributed by atoms with Crippen molar-refractivity contribution in [3.8, 4) is 0 Å². The zero-order valence-corrected chi connectivity index (χ0v) is 11.0. The van der Waals surface area contributed by atoms with E-state index in [1.165, 1.54) is 11.1 Å². The lowest BCUT2D eigenvalue weighted by atomic mass is 9.85. The summed E-state index contributed by atoms with van der Waals surface area (Å²) in [4.78, 5) is 11.7. The third-order valence-corrected chi connectivity index (χ3v) is 4.04. The van der Waals surface area contributed by atoms with Crippen molar-refractivity contribution in [1.82, 2.24) is 0 Å². The van der Waals surface area contributed by atoms with Gasteiger partial charge in [-0.15, -0.1) is 0 Å². The predicted octanol–water partition coefficient (Wildman–Crippen LogP) is 3.63. The van der Waals surface area contributed by atoms with Crippen LogP contribution in [0.15, 0.2) is 23.3 Å². The number of rotatable bonds is 0. The number of carbonyl (C=O) groups is 1. The SMILES string of the molecule is C/C1=C/[C@H]2OC(=O)[C@@H](C)[C@@H]2CC/C(C)=C\CC1. The van der Waals surface area contributed by atoms with Crippen LogP contribution in [0, 0.1) is 11.8 Å². The Morgan fingerprint density at radius 3 is 2.76 bits per heavy atom. The minimum atomic E-state index is -0.0232. The Labute approximate surface area is 104 Å². The molecule has 0 aromatic rings. The molecular formula is C15H22O2. The molecule has 0 aromatic carbocycles. The van der Waals surface area contributed by atoms with E-state index in [9.17, 15) is 4.79 Å². The molecule has 2 heteroatoms. The van der Waals surface area contributed by atoms with Crippen LogP contribution in [-0.4, -0.2) is 12.1 Å². The van der Waals surface area contributed by atoms with E-state index >= 15 is 0 Å². The Hall–Kier alpha value is -1.05. The molecule has 2 rings (SSSR count). The first kappa shape index (κ1) is 12.4. The van der Waals surface area contributed by atoms with Gasteiger partial charge in [0.25, 0.3) is 0 Å². The Morgan fingerprint density at radius 1 is 1.24 bits per heavy atom. The first-order valence-corrected chi connectivity index (χ1v) is 6.61. The van der Waals surface area contributed by atoms with Crippen LogP contribution in [0.5, 0.6) is 0 Å². The zero-order chi connectivity index (χ0) is 12.4. The Morgan fingerprint density at radius 2 is 2.00 bits per heavy atom. The second-order valence-corrected chi connectivity index (χ2v) is 5.49. The molecule has 3 atom stereocenters. The van der Waals surface area contributed by atoms with Crippen LogP contribution in [0.25, 0.3) is 0 Å². The second-order valence-electron chi connectivity index (χ2n) is 5.49. The molecule has 2 nitrogen and oxygen atoms in total. The number of ether oxygens (including phenoxy) is 1. The second kappa shape index (κ2) is 5.07. The van der Waals surface area contributed by atoms with Gasteiger partial charge in [0.05, 0.1) is 5.92 Å². The zero-order valence-electron chi connectivity index (χ0n) is 11.0. The molecule has 1 fully saturated rings. The highest BCUT2D eigenvalue weighted by Crippen LogP contribution is 2.35. The molecule has 1 heterocycles. The lowest BCUT2D eigenvalue weighted by Gasteiger charge is -2.19. The number of fused-ring (bicyclic) bond motifs is 1. The number of hydrogen-bond donors (Lipinski definition) is 0. The lowest BCUT2D eigenvalue weighted by molar-refractivity contribution is -0.142. The molecule has 0 bridgehead atoms. The Kier molecular flexibility index (Phi) is 3.70. The summed E-state index contributed by atoms with van der Waals surface area (Å²) in [6, 6.07) is 0. The highest BCUT2D eigenvalue weighted by molar-refractivity contribution is 5.75. The molecule has 94 valence electrons. The van der Waals surface area contributed by atoms with Crippen LogP contribution in [-0.2, 0) is 9.53 Å². The monoisotopic (exact) mass is 234 g/mol. The fraction of sp³-hybridized carbons (Fsp3) is 0.667. The largest absolute Gasteiger partial charge is 0.458 e. The lowest BCUT2D eigenvalue weighted by Crippen LogP contribution is -2.18. The summed E-state index contributed by atoms with van der Waals surface area (Å²) in [5, 5.41) is 0. The summed E-state index contributed by atoms with van der Waals surface area (Å²) in [5.41, 5.74) is 2.79. The average Bonchev–Trinajstić information content (AvgIpc) is 2.52. The van der Waals surface area contributed by atoms with Crippen LogP contribution < -0.4 is 0 Å². The molecule has 0 saturated carbocycles. The summed E-state index contributed by atoms with van der Waals surface area (Å²) in [6.45, 7) is 6.33. The molecule has 0 radical (unpaired) electrons. The van der Waals surface area contributed by atoms with Crippen LogP contribution in [0.1, 0.15) is 46.5 Å². The third kappa shape index (κ3) is 2.80. The molecule has 1 saturated heterocycles. The number of hydrogen-bond acceptors (Lipinski definition) is 2. The van der Waals surface area contributed by atoms with Crippen molar-refractivity contribution in [1.29, 1.82) is 0 Å². The molecule has 0 spiro atoms. The van der Waals surface area contributed by atoms with Crippen molar-refractivity contribution in [2.24, 2.45) is 11.8 Å². The van der Waals surface area contributed by atoms with E-state index in [1.807, 2.05) is 6.92 Å². The van der Waals surface area contributed by atoms with Gasteiger partial charge in [-0.05, 0) is 45.6 Å². The number of carbonyl (C=O) groups excluding carboxylic acids is 1. The summed E-state index contributed by atoms with van der Waals surface area (Å²) in [5.74, 6) is 0.389. The molecule has 2 aliphatic rings. The van der Waals surface area contributed by atoms with E-state index in [4.69, 9.17) is 4.74 Å². The van der Waals surface area contributed by atoms with Gasteiger partial charge in [-0.3, -0.25) is 4.79 Å². The van der Waals surface area contributed by atoms with E-state index in [0.29, 0.717) is 5.92 Å². The standard InChI is InChI=1S/C15H22O2/c1-10-5-4-6-11(2)9-14-13(8-7-10)12(3)15(16)17-14/h5,9,12-14H,4,6-8H2,1-3H3/b10-5-,11-9-/t12-,13-,14+/m0/s1. The maximum atomic E-state index is 11.7. The summed E-state index contributed by atoms with van der Waals surface area (Å²) >= 11 is 0. The van der Waals surface area contributed by atoms with Gasteiger partial charge in [0.1, 0.15) is 6.10 Å². The van der Waals surface area contributed by atoms with E-state index in [1.54, 1.807) is 0 Å². The molecule has 1 aliphatic heterocycles. The quantitative estimate of drug-likeness (QED) is 0.472. The van der Waals surface area contributed by atoms with E-state index in [-0.39, 0.29) is 18.0 Å². The van der Waals surface area contributed by atoms with Crippen molar-refractivity contribution < 1.29 is 9.53 Å². The van der Waals surface area contributed by atoms with Gasteiger partial charge in [-0.1, -0.05) is 24.1 Å². The molecular weight excluding hydrogens is 212 g/mol. The van der Waals surface area contributed by atoms with Crippen molar-refractivity contribution >= 4 is 5.97 Å². The molecule has 0 unspecified atom stereocenters.